The topological polar surface area (TPSA) is 58.9 Å². The molecule has 23 heavy (non-hydrogen) atoms. The largest absolute Gasteiger partial charge is 0.505 e. The molecule has 4 heteroatoms. The number of nitrogens with zero attached hydrogens (tertiary/aromatic N) is 1. The molecule has 1 aromatic rings. The molecule has 0 fully saturated rings. The third-order valence-electron chi connectivity index (χ3n) is 3.69. The van der Waals surface area contributed by atoms with Gasteiger partial charge in [0.2, 0.25) is 0 Å². The third-order valence-corrected chi connectivity index (χ3v) is 3.69. The van der Waals surface area contributed by atoms with Crippen LogP contribution in [0, 0.1) is 0 Å². The molecule has 2 rings (SSSR count). The van der Waals surface area contributed by atoms with Crippen LogP contribution in [-0.2, 0) is 14.9 Å². The second kappa shape index (κ2) is 6.41. The lowest BCUT2D eigenvalue weighted by atomic mass is 9.87. The summed E-state index contributed by atoms with van der Waals surface area (Å²) >= 11 is 0. The fraction of sp³-hybridized carbons (Fsp3) is 0.368. The molecule has 0 aromatic heterocycles. The summed E-state index contributed by atoms with van der Waals surface area (Å²) in [5.41, 5.74) is 3.24. The number of ether oxygens (including phenoxy) is 1. The van der Waals surface area contributed by atoms with Crippen LogP contribution in [0.3, 0.4) is 0 Å². The minimum absolute atomic E-state index is 0.0902. The van der Waals surface area contributed by atoms with Gasteiger partial charge in [-0.3, -0.25) is 0 Å². The Morgan fingerprint density at radius 1 is 1.26 bits per heavy atom. The molecular formula is C19H23NO3. The molecule has 0 aliphatic carbocycles. The first-order valence-electron chi connectivity index (χ1n) is 7.72. The lowest BCUT2D eigenvalue weighted by molar-refractivity contribution is -0.138. The van der Waals surface area contributed by atoms with Gasteiger partial charge in [-0.25, -0.2) is 9.79 Å². The monoisotopic (exact) mass is 313 g/mol. The number of rotatable bonds is 3. The summed E-state index contributed by atoms with van der Waals surface area (Å²) in [5.74, 6) is -0.668. The van der Waals surface area contributed by atoms with E-state index in [1.807, 2.05) is 12.1 Å². The van der Waals surface area contributed by atoms with Crippen LogP contribution in [0.5, 0.6) is 0 Å². The normalized spacial score (nSPS) is 16.7. The van der Waals surface area contributed by atoms with E-state index in [9.17, 15) is 9.90 Å². The fourth-order valence-corrected chi connectivity index (χ4v) is 2.37. The molecule has 0 radical (unpaired) electrons. The number of carbonyl (C=O) groups is 1. The molecule has 4 nitrogen and oxygen atoms in total. The molecule has 1 aliphatic heterocycles. The van der Waals surface area contributed by atoms with Crippen molar-refractivity contribution in [3.8, 4) is 0 Å². The molecule has 0 saturated carbocycles. The highest BCUT2D eigenvalue weighted by Crippen LogP contribution is 2.27. The molecule has 1 heterocycles. The molecule has 0 saturated heterocycles. The molecule has 122 valence electrons. The Morgan fingerprint density at radius 3 is 2.39 bits per heavy atom. The van der Waals surface area contributed by atoms with Crippen LogP contribution in [0.4, 0.5) is 0 Å². The average Bonchev–Trinajstić information content (AvgIpc) is 2.73. The first kappa shape index (κ1) is 17.0. The van der Waals surface area contributed by atoms with Crippen molar-refractivity contribution in [1.82, 2.24) is 0 Å². The molecule has 1 aliphatic rings. The third kappa shape index (κ3) is 3.70. The van der Waals surface area contributed by atoms with E-state index in [0.717, 1.165) is 5.56 Å². The molecule has 0 spiro atoms. The van der Waals surface area contributed by atoms with Crippen LogP contribution in [0.25, 0.3) is 6.08 Å². The van der Waals surface area contributed by atoms with E-state index >= 15 is 0 Å². The van der Waals surface area contributed by atoms with Gasteiger partial charge in [-0.15, -0.1) is 0 Å². The Bertz CT molecular complexity index is 701. The minimum Gasteiger partial charge on any atom is -0.505 e. The maximum atomic E-state index is 11.9. The smallest absolute Gasteiger partial charge is 0.343 e. The Balaban J connectivity index is 2.32. The van der Waals surface area contributed by atoms with Crippen molar-refractivity contribution >= 4 is 17.8 Å². The van der Waals surface area contributed by atoms with Gasteiger partial charge < -0.3 is 9.84 Å². The Morgan fingerprint density at radius 2 is 1.87 bits per heavy atom. The molecule has 0 amide bonds. The number of aliphatic imine (C=N–C) groups is 1. The summed E-state index contributed by atoms with van der Waals surface area (Å²) in [5, 5.41) is 10.3. The van der Waals surface area contributed by atoms with Crippen molar-refractivity contribution in [3.63, 3.8) is 0 Å². The van der Waals surface area contributed by atoms with Gasteiger partial charge in [0.1, 0.15) is 11.3 Å². The van der Waals surface area contributed by atoms with Crippen molar-refractivity contribution < 1.29 is 14.6 Å². The first-order valence-corrected chi connectivity index (χ1v) is 7.72. The van der Waals surface area contributed by atoms with E-state index in [0.29, 0.717) is 11.4 Å². The van der Waals surface area contributed by atoms with Gasteiger partial charge in [-0.2, -0.15) is 0 Å². The average molecular weight is 313 g/mol. The van der Waals surface area contributed by atoms with Crippen molar-refractivity contribution in [2.45, 2.75) is 40.0 Å². The summed E-state index contributed by atoms with van der Waals surface area (Å²) in [6, 6.07) is 8.08. The molecule has 1 N–H and O–H groups in total. The van der Waals surface area contributed by atoms with E-state index in [1.165, 1.54) is 5.56 Å². The van der Waals surface area contributed by atoms with E-state index in [4.69, 9.17) is 4.74 Å². The molecule has 0 bridgehead atoms. The van der Waals surface area contributed by atoms with Gasteiger partial charge in [0.25, 0.3) is 0 Å². The van der Waals surface area contributed by atoms with Crippen molar-refractivity contribution in [2.75, 3.05) is 6.61 Å². The van der Waals surface area contributed by atoms with Crippen LogP contribution in [0.2, 0.25) is 0 Å². The predicted octanol–water partition coefficient (Wildman–Crippen LogP) is 4.17. The van der Waals surface area contributed by atoms with Crippen LogP contribution >= 0.6 is 0 Å². The number of aliphatic hydroxyl groups is 1. The number of benzene rings is 1. The zero-order valence-corrected chi connectivity index (χ0v) is 14.3. The van der Waals surface area contributed by atoms with Gasteiger partial charge in [-0.1, -0.05) is 45.0 Å². The zero-order chi connectivity index (χ0) is 17.2. The van der Waals surface area contributed by atoms with Crippen LogP contribution in [0.15, 0.2) is 46.3 Å². The van der Waals surface area contributed by atoms with Crippen LogP contribution < -0.4 is 0 Å². The molecule has 0 unspecified atom stereocenters. The second-order valence-electron chi connectivity index (χ2n) is 6.54. The van der Waals surface area contributed by atoms with Gasteiger partial charge in [-0.05, 0) is 36.5 Å². The Hall–Kier alpha value is -2.36. The van der Waals surface area contributed by atoms with E-state index in [1.54, 1.807) is 19.9 Å². The summed E-state index contributed by atoms with van der Waals surface area (Å²) in [6.07, 6.45) is 1.76. The van der Waals surface area contributed by atoms with Crippen molar-refractivity contribution in [3.05, 3.63) is 52.4 Å². The van der Waals surface area contributed by atoms with Gasteiger partial charge >= 0.3 is 5.97 Å². The summed E-state index contributed by atoms with van der Waals surface area (Å²) < 4.78 is 4.95. The second-order valence-corrected chi connectivity index (χ2v) is 6.54. The fourth-order valence-electron chi connectivity index (χ4n) is 2.37. The minimum atomic E-state index is -0.544. The Labute approximate surface area is 137 Å². The molecular weight excluding hydrogens is 290 g/mol. The highest BCUT2D eigenvalue weighted by molar-refractivity contribution is 6.22. The molecule has 1 aromatic carbocycles. The van der Waals surface area contributed by atoms with Crippen LogP contribution in [-0.4, -0.2) is 23.4 Å². The Kier molecular flexibility index (Phi) is 4.73. The standard InChI is InChI=1S/C19H23NO3/c1-6-23-18(22)16-12(2)20-15(17(16)21)11-13-7-9-14(10-8-13)19(3,4)5/h7-11,21H,6H2,1-5H3. The number of hydrogen-bond donors (Lipinski definition) is 1. The number of hydrogen-bond acceptors (Lipinski definition) is 4. The lowest BCUT2D eigenvalue weighted by Crippen LogP contribution is -2.13. The number of esters is 1. The maximum absolute atomic E-state index is 11.9. The zero-order valence-electron chi connectivity index (χ0n) is 14.3. The first-order chi connectivity index (χ1) is 10.7. The van der Waals surface area contributed by atoms with Gasteiger partial charge in [0.05, 0.1) is 12.3 Å². The lowest BCUT2D eigenvalue weighted by Gasteiger charge is -2.18. The molecule has 0 atom stereocenters. The number of carbonyl (C=O) groups excluding carboxylic acids is 1. The quantitative estimate of drug-likeness (QED) is 0.852. The SMILES string of the molecule is CCOC(=O)C1=C(O)C(=Cc2ccc(C(C)(C)C)cc2)N=C1C. The van der Waals surface area contributed by atoms with E-state index in [-0.39, 0.29) is 23.4 Å². The predicted molar refractivity (Wildman–Crippen MR) is 92.5 cm³/mol. The number of aliphatic hydroxyl groups excluding tert-OH is 1. The van der Waals surface area contributed by atoms with Crippen molar-refractivity contribution in [2.24, 2.45) is 4.99 Å². The van der Waals surface area contributed by atoms with E-state index < -0.39 is 5.97 Å². The van der Waals surface area contributed by atoms with E-state index in [2.05, 4.69) is 37.9 Å². The van der Waals surface area contributed by atoms with Gasteiger partial charge in [0, 0.05) is 0 Å². The summed E-state index contributed by atoms with van der Waals surface area (Å²) in [6.45, 7) is 10.1. The van der Waals surface area contributed by atoms with Gasteiger partial charge in [0.15, 0.2) is 5.76 Å². The van der Waals surface area contributed by atoms with Crippen LogP contribution in [0.1, 0.15) is 45.7 Å². The summed E-state index contributed by atoms with van der Waals surface area (Å²) in [4.78, 5) is 16.1. The highest BCUT2D eigenvalue weighted by atomic mass is 16.5. The van der Waals surface area contributed by atoms with Crippen molar-refractivity contribution in [1.29, 1.82) is 0 Å². The highest BCUT2D eigenvalue weighted by Gasteiger charge is 2.27. The maximum Gasteiger partial charge on any atom is 0.343 e. The summed E-state index contributed by atoms with van der Waals surface area (Å²) in [7, 11) is 0.